The Morgan fingerprint density at radius 1 is 1.19 bits per heavy atom. The second-order valence-electron chi connectivity index (χ2n) is 9.59. The fourth-order valence-electron chi connectivity index (χ4n) is 5.05. The molecule has 1 unspecified atom stereocenters. The van der Waals surface area contributed by atoms with Gasteiger partial charge in [0, 0.05) is 24.2 Å². The molecule has 1 atom stereocenters. The Hall–Kier alpha value is -3.53. The first kappa shape index (κ1) is 25.6. The first-order valence-electron chi connectivity index (χ1n) is 11.8. The third kappa shape index (κ3) is 4.77. The molecular formula is C26H29N3O6S. The minimum Gasteiger partial charge on any atom is -0.371 e. The number of non-ortho nitro benzene ring substituents is 1. The highest BCUT2D eigenvalue weighted by molar-refractivity contribution is 7.75. The van der Waals surface area contributed by atoms with Crippen LogP contribution in [0.5, 0.6) is 11.6 Å². The van der Waals surface area contributed by atoms with Crippen LogP contribution in [-0.4, -0.2) is 24.7 Å². The molecule has 1 aliphatic rings. The molecule has 1 aromatic heterocycles. The normalized spacial score (nSPS) is 15.1. The molecule has 3 aromatic rings. The van der Waals surface area contributed by atoms with Gasteiger partial charge in [-0.2, -0.15) is 9.31 Å². The van der Waals surface area contributed by atoms with Crippen LogP contribution in [-0.2, 0) is 29.7 Å². The van der Waals surface area contributed by atoms with Crippen molar-refractivity contribution in [1.29, 1.82) is 0 Å². The van der Waals surface area contributed by atoms with Crippen molar-refractivity contribution in [3.05, 3.63) is 80.0 Å². The summed E-state index contributed by atoms with van der Waals surface area (Å²) in [7, 11) is 0. The molecular weight excluding hydrogens is 482 g/mol. The minimum atomic E-state index is -2.32. The lowest BCUT2D eigenvalue weighted by molar-refractivity contribution is -0.384. The largest absolute Gasteiger partial charge is 0.419 e. The summed E-state index contributed by atoms with van der Waals surface area (Å²) >= 11 is -2.32. The zero-order valence-electron chi connectivity index (χ0n) is 21.0. The van der Waals surface area contributed by atoms with Crippen molar-refractivity contribution in [1.82, 2.24) is 9.78 Å². The van der Waals surface area contributed by atoms with Crippen molar-refractivity contribution < 1.29 is 22.3 Å². The lowest BCUT2D eigenvalue weighted by Crippen LogP contribution is -2.27. The van der Waals surface area contributed by atoms with Gasteiger partial charge in [0.2, 0.25) is 5.88 Å². The van der Waals surface area contributed by atoms with Crippen molar-refractivity contribution in [2.75, 3.05) is 0 Å². The smallest absolute Gasteiger partial charge is 0.371 e. The molecule has 0 aliphatic heterocycles. The summed E-state index contributed by atoms with van der Waals surface area (Å²) in [5.41, 5.74) is 5.19. The van der Waals surface area contributed by atoms with E-state index in [1.165, 1.54) is 46.3 Å². The highest BCUT2D eigenvalue weighted by Crippen LogP contribution is 2.42. The van der Waals surface area contributed by atoms with E-state index in [0.29, 0.717) is 12.1 Å². The Bertz CT molecular complexity index is 1360. The molecule has 0 fully saturated rings. The predicted octanol–water partition coefficient (Wildman–Crippen LogP) is 5.31. The number of fused-ring (bicyclic) bond motifs is 1. The van der Waals surface area contributed by atoms with Crippen LogP contribution in [0.25, 0.3) is 0 Å². The van der Waals surface area contributed by atoms with Gasteiger partial charge in [-0.05, 0) is 85.9 Å². The van der Waals surface area contributed by atoms with Crippen LogP contribution in [0.4, 0.5) is 5.69 Å². The predicted molar refractivity (Wildman–Crippen MR) is 136 cm³/mol. The average molecular weight is 512 g/mol. The van der Waals surface area contributed by atoms with Gasteiger partial charge in [-0.3, -0.25) is 14.9 Å². The number of rotatable bonds is 8. The number of carbonyl (C=O) groups is 1. The average Bonchev–Trinajstić information content (AvgIpc) is 3.22. The topological polar surface area (TPSA) is 114 Å². The van der Waals surface area contributed by atoms with E-state index >= 15 is 0 Å². The zero-order valence-corrected chi connectivity index (χ0v) is 21.8. The fraction of sp³-hybridized carbons (Fsp3) is 0.385. The standard InChI is InChI=1S/C26H29N3O6S/c1-6-28-25(35-36(33)34-19-11-9-18(10-12-19)29(31)32)22(15-27-28)24(30)21-14-16(2)20-8-7-13-26(4,5)23(20)17(21)3/h9-12,14-15H,6-8,13H2,1-5H3. The number of nitro benzene ring substituents is 1. The van der Waals surface area contributed by atoms with Gasteiger partial charge in [0.25, 0.3) is 5.69 Å². The number of aryl methyl sites for hydroxylation is 2. The van der Waals surface area contributed by atoms with Crippen molar-refractivity contribution >= 4 is 22.8 Å². The second kappa shape index (κ2) is 9.85. The second-order valence-corrected chi connectivity index (χ2v) is 10.3. The number of nitro groups is 1. The Balaban J connectivity index is 1.65. The van der Waals surface area contributed by atoms with Crippen LogP contribution >= 0.6 is 0 Å². The van der Waals surface area contributed by atoms with E-state index in [1.807, 2.05) is 26.8 Å². The number of hydrogen-bond acceptors (Lipinski definition) is 7. The number of ketones is 1. The molecule has 4 rings (SSSR count). The van der Waals surface area contributed by atoms with Crippen LogP contribution in [0, 0.1) is 24.0 Å². The number of aromatic nitrogens is 2. The van der Waals surface area contributed by atoms with Gasteiger partial charge >= 0.3 is 11.4 Å². The third-order valence-corrected chi connectivity index (χ3v) is 7.38. The quantitative estimate of drug-likeness (QED) is 0.229. The van der Waals surface area contributed by atoms with E-state index < -0.39 is 16.3 Å². The number of benzene rings is 2. The molecule has 0 spiro atoms. The van der Waals surface area contributed by atoms with Crippen molar-refractivity contribution in [2.45, 2.75) is 65.8 Å². The lowest BCUT2D eigenvalue weighted by Gasteiger charge is -2.36. The van der Waals surface area contributed by atoms with Crippen LogP contribution in [0.3, 0.4) is 0 Å². The maximum absolute atomic E-state index is 13.8. The molecule has 0 saturated carbocycles. The number of nitrogens with zero attached hydrogens (tertiary/aromatic N) is 3. The van der Waals surface area contributed by atoms with Gasteiger partial charge in [0.1, 0.15) is 11.3 Å². The first-order valence-corrected chi connectivity index (χ1v) is 12.8. The fourth-order valence-corrected chi connectivity index (χ4v) is 5.65. The minimum absolute atomic E-state index is 0.0360. The maximum atomic E-state index is 13.8. The summed E-state index contributed by atoms with van der Waals surface area (Å²) in [6, 6.07) is 7.05. The van der Waals surface area contributed by atoms with Gasteiger partial charge in [-0.1, -0.05) is 13.8 Å². The molecule has 190 valence electrons. The summed E-state index contributed by atoms with van der Waals surface area (Å²) in [4.78, 5) is 24.1. The molecule has 0 N–H and O–H groups in total. The Morgan fingerprint density at radius 2 is 1.89 bits per heavy atom. The van der Waals surface area contributed by atoms with Crippen molar-refractivity contribution in [2.24, 2.45) is 0 Å². The Kier molecular flexibility index (Phi) is 6.99. The molecule has 0 saturated heterocycles. The first-order chi connectivity index (χ1) is 17.0. The Labute approximate surface area is 212 Å². The molecule has 9 nitrogen and oxygen atoms in total. The summed E-state index contributed by atoms with van der Waals surface area (Å²) in [6.07, 6.45) is 4.60. The molecule has 10 heteroatoms. The molecule has 2 aromatic carbocycles. The van der Waals surface area contributed by atoms with E-state index in [4.69, 9.17) is 8.37 Å². The highest BCUT2D eigenvalue weighted by atomic mass is 32.2. The van der Waals surface area contributed by atoms with Crippen molar-refractivity contribution in [3.63, 3.8) is 0 Å². The van der Waals surface area contributed by atoms with Crippen LogP contribution in [0.2, 0.25) is 0 Å². The monoisotopic (exact) mass is 511 g/mol. The molecule has 36 heavy (non-hydrogen) atoms. The Morgan fingerprint density at radius 3 is 2.53 bits per heavy atom. The molecule has 1 aliphatic carbocycles. The van der Waals surface area contributed by atoms with Gasteiger partial charge in [0.05, 0.1) is 11.1 Å². The number of carbonyl (C=O) groups excluding carboxylic acids is 1. The summed E-state index contributed by atoms with van der Waals surface area (Å²) in [5, 5.41) is 15.1. The summed E-state index contributed by atoms with van der Waals surface area (Å²) in [6.45, 7) is 10.7. The van der Waals surface area contributed by atoms with Gasteiger partial charge in [0.15, 0.2) is 5.78 Å². The van der Waals surface area contributed by atoms with E-state index in [1.54, 1.807) is 0 Å². The van der Waals surface area contributed by atoms with E-state index in [0.717, 1.165) is 30.4 Å². The number of hydrogen-bond donors (Lipinski definition) is 0. The molecule has 0 bridgehead atoms. The van der Waals surface area contributed by atoms with Gasteiger partial charge in [-0.25, -0.2) is 4.68 Å². The summed E-state index contributed by atoms with van der Waals surface area (Å²) < 4.78 is 24.9. The third-order valence-electron chi connectivity index (χ3n) is 6.76. The van der Waals surface area contributed by atoms with Gasteiger partial charge < -0.3 is 8.37 Å². The lowest BCUT2D eigenvalue weighted by atomic mass is 9.68. The molecule has 1 heterocycles. The van der Waals surface area contributed by atoms with Crippen LogP contribution in [0.1, 0.15) is 71.8 Å². The van der Waals surface area contributed by atoms with Crippen molar-refractivity contribution in [3.8, 4) is 11.6 Å². The molecule has 0 radical (unpaired) electrons. The van der Waals surface area contributed by atoms with E-state index in [9.17, 15) is 19.1 Å². The van der Waals surface area contributed by atoms with Gasteiger partial charge in [-0.15, -0.1) is 0 Å². The van der Waals surface area contributed by atoms with Crippen LogP contribution < -0.4 is 8.37 Å². The summed E-state index contributed by atoms with van der Waals surface area (Å²) in [5.74, 6) is -0.101. The van der Waals surface area contributed by atoms with E-state index in [2.05, 4.69) is 18.9 Å². The zero-order chi connectivity index (χ0) is 26.2. The highest BCUT2D eigenvalue weighted by Gasteiger charge is 2.33. The van der Waals surface area contributed by atoms with E-state index in [-0.39, 0.29) is 34.1 Å². The molecule has 0 amide bonds. The maximum Gasteiger partial charge on any atom is 0.419 e. The SMILES string of the molecule is CCn1ncc(C(=O)c2cc(C)c3c(c2C)C(C)(C)CCC3)c1OS(=O)Oc1ccc([N+](=O)[O-])cc1. The van der Waals surface area contributed by atoms with Crippen LogP contribution in [0.15, 0.2) is 36.5 Å².